The third-order valence-electron chi connectivity index (χ3n) is 4.06. The minimum atomic E-state index is -0.458. The monoisotopic (exact) mass is 378 g/mol. The molecule has 0 N–H and O–H groups in total. The standard InChI is InChI=1S/C19H14N4O3S/c1-26-18-8-7-14(11-17(18)23(24)25)16-9-10-20-22(16)19-21-15(12-27-19)13-5-3-2-4-6-13/h2-12H,1H3. The molecule has 2 aromatic heterocycles. The second-order valence-electron chi connectivity index (χ2n) is 5.65. The Labute approximate surface area is 158 Å². The van der Waals surface area contributed by atoms with E-state index < -0.39 is 4.92 Å². The van der Waals surface area contributed by atoms with Crippen LogP contribution in [0.15, 0.2) is 66.2 Å². The summed E-state index contributed by atoms with van der Waals surface area (Å²) < 4.78 is 6.75. The molecule has 0 saturated carbocycles. The minimum absolute atomic E-state index is 0.0909. The van der Waals surface area contributed by atoms with E-state index in [9.17, 15) is 10.1 Å². The molecule has 0 radical (unpaired) electrons. The lowest BCUT2D eigenvalue weighted by Gasteiger charge is -2.06. The van der Waals surface area contributed by atoms with Crippen LogP contribution in [-0.4, -0.2) is 26.8 Å². The first kappa shape index (κ1) is 16.9. The molecule has 8 heteroatoms. The zero-order chi connectivity index (χ0) is 18.8. The fourth-order valence-corrected chi connectivity index (χ4v) is 3.57. The lowest BCUT2D eigenvalue weighted by atomic mass is 10.1. The molecule has 0 amide bonds. The second-order valence-corrected chi connectivity index (χ2v) is 6.49. The van der Waals surface area contributed by atoms with Crippen LogP contribution in [-0.2, 0) is 0 Å². The molecule has 4 aromatic rings. The van der Waals surface area contributed by atoms with Gasteiger partial charge in [0.2, 0.25) is 5.13 Å². The number of benzene rings is 2. The maximum atomic E-state index is 11.3. The van der Waals surface area contributed by atoms with Crippen LogP contribution in [0.2, 0.25) is 0 Å². The van der Waals surface area contributed by atoms with Gasteiger partial charge in [-0.25, -0.2) is 9.67 Å². The molecule has 4 rings (SSSR count). The van der Waals surface area contributed by atoms with E-state index in [-0.39, 0.29) is 11.4 Å². The summed E-state index contributed by atoms with van der Waals surface area (Å²) in [4.78, 5) is 15.5. The van der Waals surface area contributed by atoms with Gasteiger partial charge in [-0.15, -0.1) is 11.3 Å². The Hall–Kier alpha value is -3.52. The van der Waals surface area contributed by atoms with Crippen molar-refractivity contribution in [2.75, 3.05) is 7.11 Å². The Balaban J connectivity index is 1.75. The maximum Gasteiger partial charge on any atom is 0.311 e. The molecule has 0 fully saturated rings. The molecule has 0 aliphatic heterocycles. The minimum Gasteiger partial charge on any atom is -0.490 e. The van der Waals surface area contributed by atoms with Gasteiger partial charge in [0.05, 0.1) is 29.6 Å². The molecule has 2 heterocycles. The molecule has 2 aromatic carbocycles. The number of nitro groups is 1. The molecule has 7 nitrogen and oxygen atoms in total. The zero-order valence-electron chi connectivity index (χ0n) is 14.3. The van der Waals surface area contributed by atoms with E-state index in [1.54, 1.807) is 29.1 Å². The van der Waals surface area contributed by atoms with Crippen molar-refractivity contribution in [2.45, 2.75) is 0 Å². The predicted octanol–water partition coefficient (Wildman–Crippen LogP) is 4.58. The van der Waals surface area contributed by atoms with Gasteiger partial charge in [-0.2, -0.15) is 5.10 Å². The van der Waals surface area contributed by atoms with Gasteiger partial charge in [-0.3, -0.25) is 10.1 Å². The van der Waals surface area contributed by atoms with Crippen LogP contribution in [0.1, 0.15) is 0 Å². The molecule has 0 saturated heterocycles. The Kier molecular flexibility index (Phi) is 4.39. The average molecular weight is 378 g/mol. The number of hydrogen-bond donors (Lipinski definition) is 0. The van der Waals surface area contributed by atoms with Gasteiger partial charge < -0.3 is 4.74 Å². The molecule has 0 bridgehead atoms. The number of thiazole rings is 1. The van der Waals surface area contributed by atoms with Gasteiger partial charge in [0.25, 0.3) is 0 Å². The normalized spacial score (nSPS) is 10.7. The maximum absolute atomic E-state index is 11.3. The summed E-state index contributed by atoms with van der Waals surface area (Å²) in [7, 11) is 1.41. The first-order valence-corrected chi connectivity index (χ1v) is 8.93. The fourth-order valence-electron chi connectivity index (χ4n) is 2.77. The van der Waals surface area contributed by atoms with Crippen LogP contribution in [0.3, 0.4) is 0 Å². The van der Waals surface area contributed by atoms with E-state index in [1.807, 2.05) is 35.7 Å². The van der Waals surface area contributed by atoms with E-state index in [4.69, 9.17) is 4.74 Å². The van der Waals surface area contributed by atoms with Gasteiger partial charge >= 0.3 is 5.69 Å². The first-order chi connectivity index (χ1) is 13.2. The van der Waals surface area contributed by atoms with Crippen molar-refractivity contribution in [2.24, 2.45) is 0 Å². The highest BCUT2D eigenvalue weighted by atomic mass is 32.1. The third-order valence-corrected chi connectivity index (χ3v) is 4.87. The smallest absolute Gasteiger partial charge is 0.311 e. The van der Waals surface area contributed by atoms with Crippen LogP contribution in [0.5, 0.6) is 5.75 Å². The number of nitro benzene ring substituents is 1. The molecular formula is C19H14N4O3S. The van der Waals surface area contributed by atoms with Gasteiger partial charge in [0.1, 0.15) is 0 Å². The zero-order valence-corrected chi connectivity index (χ0v) is 15.1. The number of aromatic nitrogens is 3. The molecule has 27 heavy (non-hydrogen) atoms. The van der Waals surface area contributed by atoms with Crippen molar-refractivity contribution in [3.8, 4) is 33.4 Å². The van der Waals surface area contributed by atoms with Crippen LogP contribution in [0.25, 0.3) is 27.6 Å². The van der Waals surface area contributed by atoms with Gasteiger partial charge in [-0.05, 0) is 18.2 Å². The molecule has 0 spiro atoms. The van der Waals surface area contributed by atoms with Gasteiger partial charge in [-0.1, -0.05) is 30.3 Å². The van der Waals surface area contributed by atoms with Crippen LogP contribution >= 0.6 is 11.3 Å². The second kappa shape index (κ2) is 7.00. The van der Waals surface area contributed by atoms with Crippen LogP contribution < -0.4 is 4.74 Å². The molecule has 134 valence electrons. The van der Waals surface area contributed by atoms with Gasteiger partial charge in [0.15, 0.2) is 5.75 Å². The number of hydrogen-bond acceptors (Lipinski definition) is 6. The van der Waals surface area contributed by atoms with Crippen molar-refractivity contribution < 1.29 is 9.66 Å². The summed E-state index contributed by atoms with van der Waals surface area (Å²) in [6.45, 7) is 0. The number of rotatable bonds is 5. The lowest BCUT2D eigenvalue weighted by molar-refractivity contribution is -0.385. The van der Waals surface area contributed by atoms with Crippen LogP contribution in [0, 0.1) is 10.1 Å². The van der Waals surface area contributed by atoms with E-state index >= 15 is 0 Å². The van der Waals surface area contributed by atoms with Crippen molar-refractivity contribution >= 4 is 17.0 Å². The van der Waals surface area contributed by atoms with Crippen molar-refractivity contribution in [3.05, 3.63) is 76.3 Å². The lowest BCUT2D eigenvalue weighted by Crippen LogP contribution is -1.99. The fraction of sp³-hybridized carbons (Fsp3) is 0.0526. The van der Waals surface area contributed by atoms with E-state index in [2.05, 4.69) is 10.1 Å². The largest absolute Gasteiger partial charge is 0.490 e. The summed E-state index contributed by atoms with van der Waals surface area (Å²) in [5.41, 5.74) is 3.17. The van der Waals surface area contributed by atoms with Gasteiger partial charge in [0, 0.05) is 22.6 Å². The van der Waals surface area contributed by atoms with Crippen molar-refractivity contribution in [1.82, 2.24) is 14.8 Å². The number of methoxy groups -OCH3 is 1. The summed E-state index contributed by atoms with van der Waals surface area (Å²) >= 11 is 1.46. The van der Waals surface area contributed by atoms with Crippen molar-refractivity contribution in [3.63, 3.8) is 0 Å². The highest BCUT2D eigenvalue weighted by molar-refractivity contribution is 7.12. The quantitative estimate of drug-likeness (QED) is 0.375. The SMILES string of the molecule is COc1ccc(-c2ccnn2-c2nc(-c3ccccc3)cs2)cc1[N+](=O)[O-]. The molecule has 0 atom stereocenters. The number of ether oxygens (including phenoxy) is 1. The average Bonchev–Trinajstić information content (AvgIpc) is 3.37. The first-order valence-electron chi connectivity index (χ1n) is 8.05. The van der Waals surface area contributed by atoms with E-state index in [0.29, 0.717) is 10.7 Å². The topological polar surface area (TPSA) is 83.1 Å². The summed E-state index contributed by atoms with van der Waals surface area (Å²) in [5, 5.41) is 18.3. The predicted molar refractivity (Wildman–Crippen MR) is 103 cm³/mol. The third kappa shape index (κ3) is 3.18. The van der Waals surface area contributed by atoms with E-state index in [0.717, 1.165) is 17.0 Å². The highest BCUT2D eigenvalue weighted by Crippen LogP contribution is 2.33. The highest BCUT2D eigenvalue weighted by Gasteiger charge is 2.18. The van der Waals surface area contributed by atoms with Crippen LogP contribution in [0.4, 0.5) is 5.69 Å². The molecule has 0 aliphatic carbocycles. The summed E-state index contributed by atoms with van der Waals surface area (Å²) in [6.07, 6.45) is 1.65. The Morgan fingerprint density at radius 2 is 1.93 bits per heavy atom. The molecular weight excluding hydrogens is 364 g/mol. The summed E-state index contributed by atoms with van der Waals surface area (Å²) in [6, 6.07) is 16.5. The van der Waals surface area contributed by atoms with E-state index in [1.165, 1.54) is 24.5 Å². The number of nitrogens with zero attached hydrogens (tertiary/aromatic N) is 4. The molecule has 0 aliphatic rings. The van der Waals surface area contributed by atoms with Crippen molar-refractivity contribution in [1.29, 1.82) is 0 Å². The Morgan fingerprint density at radius 3 is 2.67 bits per heavy atom. The summed E-state index contributed by atoms with van der Waals surface area (Å²) in [5.74, 6) is 0.218. The Bertz CT molecular complexity index is 1110. The Morgan fingerprint density at radius 1 is 1.11 bits per heavy atom. The molecule has 0 unspecified atom stereocenters.